The van der Waals surface area contributed by atoms with Crippen LogP contribution in [0.4, 0.5) is 4.39 Å². The molecule has 16 heavy (non-hydrogen) atoms. The number of aldehydes is 1. The molecule has 0 bridgehead atoms. The van der Waals surface area contributed by atoms with E-state index in [9.17, 15) is 9.18 Å². The van der Waals surface area contributed by atoms with Gasteiger partial charge in [0.1, 0.15) is 12.1 Å². The SMILES string of the molecule is O=Cc1cccc(-c2c(F)cccc2Cl)c1. The summed E-state index contributed by atoms with van der Waals surface area (Å²) in [5.41, 5.74) is 1.43. The van der Waals surface area contributed by atoms with Crippen molar-refractivity contribution in [2.75, 3.05) is 0 Å². The van der Waals surface area contributed by atoms with Gasteiger partial charge >= 0.3 is 0 Å². The summed E-state index contributed by atoms with van der Waals surface area (Å²) in [5, 5.41) is 0.336. The van der Waals surface area contributed by atoms with Gasteiger partial charge in [0.15, 0.2) is 0 Å². The second kappa shape index (κ2) is 4.45. The van der Waals surface area contributed by atoms with E-state index in [0.29, 0.717) is 21.7 Å². The highest BCUT2D eigenvalue weighted by Crippen LogP contribution is 2.30. The standard InChI is InChI=1S/C13H8ClFO/c14-11-5-2-6-12(15)13(11)10-4-1-3-9(7-10)8-16/h1-8H. The third-order valence-corrected chi connectivity index (χ3v) is 2.59. The molecule has 0 aliphatic rings. The largest absolute Gasteiger partial charge is 0.298 e. The first-order valence-corrected chi connectivity index (χ1v) is 5.10. The Labute approximate surface area is 97.5 Å². The minimum absolute atomic E-state index is 0.327. The van der Waals surface area contributed by atoms with E-state index in [-0.39, 0.29) is 0 Å². The molecular weight excluding hydrogens is 227 g/mol. The van der Waals surface area contributed by atoms with Crippen LogP contribution in [0, 0.1) is 5.82 Å². The van der Waals surface area contributed by atoms with Gasteiger partial charge < -0.3 is 0 Å². The fourth-order valence-electron chi connectivity index (χ4n) is 1.54. The molecule has 0 saturated heterocycles. The van der Waals surface area contributed by atoms with Gasteiger partial charge in [-0.05, 0) is 23.8 Å². The average molecular weight is 235 g/mol. The summed E-state index contributed by atoms with van der Waals surface area (Å²) in [6, 6.07) is 11.2. The Morgan fingerprint density at radius 2 is 1.88 bits per heavy atom. The lowest BCUT2D eigenvalue weighted by Crippen LogP contribution is -1.87. The molecule has 0 spiro atoms. The van der Waals surface area contributed by atoms with Crippen LogP contribution in [-0.2, 0) is 0 Å². The first-order chi connectivity index (χ1) is 7.72. The summed E-state index contributed by atoms with van der Waals surface area (Å²) in [7, 11) is 0. The molecule has 0 atom stereocenters. The van der Waals surface area contributed by atoms with Crippen molar-refractivity contribution in [3.05, 3.63) is 58.9 Å². The molecule has 2 rings (SSSR count). The highest BCUT2D eigenvalue weighted by Gasteiger charge is 2.09. The first kappa shape index (κ1) is 10.8. The molecule has 1 nitrogen and oxygen atoms in total. The van der Waals surface area contributed by atoms with Gasteiger partial charge in [0.25, 0.3) is 0 Å². The molecule has 0 radical (unpaired) electrons. The molecule has 0 N–H and O–H groups in total. The summed E-state index contributed by atoms with van der Waals surface area (Å²) in [6.07, 6.45) is 0.720. The van der Waals surface area contributed by atoms with Crippen molar-refractivity contribution in [2.24, 2.45) is 0 Å². The molecule has 0 heterocycles. The zero-order valence-corrected chi connectivity index (χ0v) is 9.04. The van der Waals surface area contributed by atoms with Crippen LogP contribution >= 0.6 is 11.6 Å². The fourth-order valence-corrected chi connectivity index (χ4v) is 1.81. The normalized spacial score (nSPS) is 10.1. The smallest absolute Gasteiger partial charge is 0.150 e. The van der Waals surface area contributed by atoms with E-state index in [1.807, 2.05) is 0 Å². The van der Waals surface area contributed by atoms with Gasteiger partial charge in [-0.3, -0.25) is 4.79 Å². The van der Waals surface area contributed by atoms with Gasteiger partial charge in [-0.25, -0.2) is 4.39 Å². The predicted molar refractivity (Wildman–Crippen MR) is 62.2 cm³/mol. The van der Waals surface area contributed by atoms with Gasteiger partial charge in [0.2, 0.25) is 0 Å². The summed E-state index contributed by atoms with van der Waals surface area (Å²) in [6.45, 7) is 0. The summed E-state index contributed by atoms with van der Waals surface area (Å²) < 4.78 is 13.6. The van der Waals surface area contributed by atoms with Crippen LogP contribution in [0.15, 0.2) is 42.5 Å². The maximum absolute atomic E-state index is 13.6. The van der Waals surface area contributed by atoms with Crippen LogP contribution in [0.3, 0.4) is 0 Å². The second-order valence-corrected chi connectivity index (χ2v) is 3.75. The zero-order chi connectivity index (χ0) is 11.5. The van der Waals surface area contributed by atoms with Crippen molar-refractivity contribution >= 4 is 17.9 Å². The van der Waals surface area contributed by atoms with Gasteiger partial charge in [0.05, 0.1) is 5.02 Å². The fraction of sp³-hybridized carbons (Fsp3) is 0. The number of carbonyl (C=O) groups is 1. The molecule has 0 fully saturated rings. The Morgan fingerprint density at radius 3 is 2.56 bits per heavy atom. The highest BCUT2D eigenvalue weighted by atomic mass is 35.5. The molecule has 0 unspecified atom stereocenters. The van der Waals surface area contributed by atoms with E-state index in [4.69, 9.17) is 11.6 Å². The van der Waals surface area contributed by atoms with Gasteiger partial charge in [-0.2, -0.15) is 0 Å². The van der Waals surface area contributed by atoms with Crippen molar-refractivity contribution < 1.29 is 9.18 Å². The van der Waals surface area contributed by atoms with E-state index in [1.165, 1.54) is 6.07 Å². The first-order valence-electron chi connectivity index (χ1n) is 4.72. The summed E-state index contributed by atoms with van der Waals surface area (Å²) in [5.74, 6) is -0.393. The van der Waals surface area contributed by atoms with Crippen LogP contribution in [0.5, 0.6) is 0 Å². The molecule has 0 aromatic heterocycles. The Bertz CT molecular complexity index is 517. The number of hydrogen-bond acceptors (Lipinski definition) is 1. The highest BCUT2D eigenvalue weighted by molar-refractivity contribution is 6.33. The van der Waals surface area contributed by atoms with Crippen molar-refractivity contribution in [1.29, 1.82) is 0 Å². The van der Waals surface area contributed by atoms with E-state index in [2.05, 4.69) is 0 Å². The quantitative estimate of drug-likeness (QED) is 0.719. The number of hydrogen-bond donors (Lipinski definition) is 0. The topological polar surface area (TPSA) is 17.1 Å². The third kappa shape index (κ3) is 1.97. The second-order valence-electron chi connectivity index (χ2n) is 3.34. The molecular formula is C13H8ClFO. The van der Waals surface area contributed by atoms with Gasteiger partial charge in [0, 0.05) is 11.1 Å². The third-order valence-electron chi connectivity index (χ3n) is 2.27. The van der Waals surface area contributed by atoms with Crippen molar-refractivity contribution in [3.63, 3.8) is 0 Å². The van der Waals surface area contributed by atoms with Crippen LogP contribution in [0.25, 0.3) is 11.1 Å². The zero-order valence-electron chi connectivity index (χ0n) is 8.28. The Kier molecular flexibility index (Phi) is 3.02. The minimum atomic E-state index is -0.393. The molecule has 0 saturated carbocycles. The van der Waals surface area contributed by atoms with Crippen LogP contribution in [-0.4, -0.2) is 6.29 Å². The maximum atomic E-state index is 13.6. The predicted octanol–water partition coefficient (Wildman–Crippen LogP) is 3.96. The van der Waals surface area contributed by atoms with E-state index >= 15 is 0 Å². The lowest BCUT2D eigenvalue weighted by Gasteiger charge is -2.06. The van der Waals surface area contributed by atoms with Crippen molar-refractivity contribution in [2.45, 2.75) is 0 Å². The van der Waals surface area contributed by atoms with E-state index < -0.39 is 5.82 Å². The average Bonchev–Trinajstić information content (AvgIpc) is 2.29. The minimum Gasteiger partial charge on any atom is -0.298 e. The number of rotatable bonds is 2. The molecule has 80 valence electrons. The monoisotopic (exact) mass is 234 g/mol. The lowest BCUT2D eigenvalue weighted by atomic mass is 10.0. The molecule has 2 aromatic carbocycles. The van der Waals surface area contributed by atoms with E-state index in [0.717, 1.165) is 6.29 Å². The van der Waals surface area contributed by atoms with E-state index in [1.54, 1.807) is 36.4 Å². The Hall–Kier alpha value is -1.67. The van der Waals surface area contributed by atoms with Crippen LogP contribution in [0.2, 0.25) is 5.02 Å². The molecule has 2 aromatic rings. The summed E-state index contributed by atoms with van der Waals surface area (Å²) in [4.78, 5) is 10.6. The Balaban J connectivity index is 2.62. The van der Waals surface area contributed by atoms with Crippen molar-refractivity contribution in [1.82, 2.24) is 0 Å². The number of benzene rings is 2. The molecule has 0 aliphatic heterocycles. The van der Waals surface area contributed by atoms with Gasteiger partial charge in [-0.15, -0.1) is 0 Å². The summed E-state index contributed by atoms with van der Waals surface area (Å²) >= 11 is 5.93. The van der Waals surface area contributed by atoms with Gasteiger partial charge in [-0.1, -0.05) is 35.9 Å². The maximum Gasteiger partial charge on any atom is 0.150 e. The Morgan fingerprint density at radius 1 is 1.12 bits per heavy atom. The number of carbonyl (C=O) groups excluding carboxylic acids is 1. The van der Waals surface area contributed by atoms with Crippen LogP contribution < -0.4 is 0 Å². The number of halogens is 2. The van der Waals surface area contributed by atoms with Crippen molar-refractivity contribution in [3.8, 4) is 11.1 Å². The lowest BCUT2D eigenvalue weighted by molar-refractivity contribution is 0.112. The molecule has 3 heteroatoms. The molecule has 0 amide bonds. The molecule has 0 aliphatic carbocycles. The van der Waals surface area contributed by atoms with Crippen LogP contribution in [0.1, 0.15) is 10.4 Å².